The lowest BCUT2D eigenvalue weighted by Gasteiger charge is -2.36. The molecule has 0 aliphatic carbocycles. The zero-order valence-corrected chi connectivity index (χ0v) is 20.0. The van der Waals surface area contributed by atoms with Gasteiger partial charge in [0.05, 0.1) is 5.69 Å². The number of para-hydroxylation sites is 1. The van der Waals surface area contributed by atoms with Crippen molar-refractivity contribution in [1.29, 1.82) is 0 Å². The zero-order valence-electron chi connectivity index (χ0n) is 19.2. The van der Waals surface area contributed by atoms with E-state index in [4.69, 9.17) is 11.6 Å². The van der Waals surface area contributed by atoms with Crippen LogP contribution in [0.2, 0.25) is 5.02 Å². The SMILES string of the molecule is O=C(NCCCN1CCN(c2ccccc2F)CC1)c1ccn2c(-c3cccc(Cl)c3)nnc2c1. The molecule has 1 N–H and O–H groups in total. The summed E-state index contributed by atoms with van der Waals surface area (Å²) in [7, 11) is 0. The van der Waals surface area contributed by atoms with E-state index in [-0.39, 0.29) is 11.7 Å². The Bertz CT molecular complexity index is 1330. The first kappa shape index (κ1) is 23.3. The molecule has 0 bridgehead atoms. The number of halogens is 2. The molecule has 35 heavy (non-hydrogen) atoms. The summed E-state index contributed by atoms with van der Waals surface area (Å²) in [6.45, 7) is 4.81. The standard InChI is InChI=1S/C26H26ClFN6O/c27-21-6-3-5-19(17-21)25-31-30-24-18-20(9-12-34(24)25)26(35)29-10-4-11-32-13-15-33(16-14-32)23-8-2-1-7-22(23)28/h1-3,5-9,12,17-18H,4,10-11,13-16H2,(H,29,35). The molecule has 0 saturated carbocycles. The summed E-state index contributed by atoms with van der Waals surface area (Å²) in [4.78, 5) is 17.1. The topological polar surface area (TPSA) is 65.8 Å². The third-order valence-corrected chi connectivity index (χ3v) is 6.49. The van der Waals surface area contributed by atoms with Gasteiger partial charge < -0.3 is 10.2 Å². The molecule has 1 aliphatic heterocycles. The Morgan fingerprint density at radius 3 is 2.63 bits per heavy atom. The van der Waals surface area contributed by atoms with Gasteiger partial charge in [-0.15, -0.1) is 10.2 Å². The summed E-state index contributed by atoms with van der Waals surface area (Å²) >= 11 is 6.10. The zero-order chi connectivity index (χ0) is 24.2. The van der Waals surface area contributed by atoms with Crippen LogP contribution in [0.1, 0.15) is 16.8 Å². The molecule has 5 rings (SSSR count). The van der Waals surface area contributed by atoms with E-state index in [1.54, 1.807) is 24.4 Å². The third kappa shape index (κ3) is 5.28. The Balaban J connectivity index is 1.10. The summed E-state index contributed by atoms with van der Waals surface area (Å²) in [6, 6.07) is 17.8. The number of benzene rings is 2. The minimum Gasteiger partial charge on any atom is -0.367 e. The normalized spacial score (nSPS) is 14.4. The molecular weight excluding hydrogens is 467 g/mol. The number of carbonyl (C=O) groups is 1. The van der Waals surface area contributed by atoms with E-state index in [1.807, 2.05) is 40.8 Å². The van der Waals surface area contributed by atoms with E-state index < -0.39 is 0 Å². The number of hydrogen-bond acceptors (Lipinski definition) is 5. The fourth-order valence-electron chi connectivity index (χ4n) is 4.38. The van der Waals surface area contributed by atoms with Crippen LogP contribution in [0.15, 0.2) is 66.9 Å². The number of nitrogens with zero attached hydrogens (tertiary/aromatic N) is 5. The number of amides is 1. The van der Waals surface area contributed by atoms with Crippen LogP contribution in [-0.4, -0.2) is 64.7 Å². The molecule has 7 nitrogen and oxygen atoms in total. The van der Waals surface area contributed by atoms with Crippen molar-refractivity contribution in [3.63, 3.8) is 0 Å². The van der Waals surface area contributed by atoms with Crippen LogP contribution in [0.3, 0.4) is 0 Å². The van der Waals surface area contributed by atoms with Crippen LogP contribution in [0, 0.1) is 5.82 Å². The Morgan fingerprint density at radius 1 is 1.00 bits per heavy atom. The van der Waals surface area contributed by atoms with Gasteiger partial charge in [-0.25, -0.2) is 4.39 Å². The van der Waals surface area contributed by atoms with Gasteiger partial charge >= 0.3 is 0 Å². The van der Waals surface area contributed by atoms with E-state index in [2.05, 4.69) is 25.3 Å². The fourth-order valence-corrected chi connectivity index (χ4v) is 4.57. The van der Waals surface area contributed by atoms with E-state index in [1.165, 1.54) is 6.07 Å². The van der Waals surface area contributed by atoms with Crippen LogP contribution >= 0.6 is 11.6 Å². The molecule has 1 amide bonds. The van der Waals surface area contributed by atoms with Gasteiger partial charge in [0.1, 0.15) is 5.82 Å². The number of pyridine rings is 1. The molecule has 1 fully saturated rings. The summed E-state index contributed by atoms with van der Waals surface area (Å²) in [5.74, 6) is 0.363. The third-order valence-electron chi connectivity index (χ3n) is 6.26. The van der Waals surface area contributed by atoms with Crippen LogP contribution < -0.4 is 10.2 Å². The van der Waals surface area contributed by atoms with Gasteiger partial charge in [0, 0.05) is 55.1 Å². The van der Waals surface area contributed by atoms with Gasteiger partial charge in [0.25, 0.3) is 5.91 Å². The fraction of sp³-hybridized carbons (Fsp3) is 0.269. The average molecular weight is 493 g/mol. The van der Waals surface area contributed by atoms with Crippen molar-refractivity contribution in [2.75, 3.05) is 44.2 Å². The van der Waals surface area contributed by atoms with Gasteiger partial charge in [-0.3, -0.25) is 14.1 Å². The molecule has 0 radical (unpaired) electrons. The van der Waals surface area contributed by atoms with E-state index in [0.717, 1.165) is 44.7 Å². The van der Waals surface area contributed by atoms with Crippen LogP contribution in [0.4, 0.5) is 10.1 Å². The van der Waals surface area contributed by atoms with Crippen LogP contribution in [0.25, 0.3) is 17.0 Å². The molecule has 3 heterocycles. The largest absolute Gasteiger partial charge is 0.367 e. The van der Waals surface area contributed by atoms with Gasteiger partial charge in [0.15, 0.2) is 11.5 Å². The molecule has 0 unspecified atom stereocenters. The van der Waals surface area contributed by atoms with Crippen molar-refractivity contribution < 1.29 is 9.18 Å². The summed E-state index contributed by atoms with van der Waals surface area (Å²) < 4.78 is 15.8. The lowest BCUT2D eigenvalue weighted by molar-refractivity contribution is 0.0951. The van der Waals surface area contributed by atoms with Crippen molar-refractivity contribution in [1.82, 2.24) is 24.8 Å². The van der Waals surface area contributed by atoms with Crippen molar-refractivity contribution in [3.8, 4) is 11.4 Å². The molecule has 4 aromatic rings. The Hall–Kier alpha value is -3.49. The van der Waals surface area contributed by atoms with Gasteiger partial charge in [-0.05, 0) is 49.4 Å². The lowest BCUT2D eigenvalue weighted by atomic mass is 10.2. The summed E-state index contributed by atoms with van der Waals surface area (Å²) in [6.07, 6.45) is 2.65. The maximum Gasteiger partial charge on any atom is 0.251 e. The second-order valence-electron chi connectivity index (χ2n) is 8.57. The highest BCUT2D eigenvalue weighted by Crippen LogP contribution is 2.22. The number of fused-ring (bicyclic) bond motifs is 1. The smallest absolute Gasteiger partial charge is 0.251 e. The first-order valence-electron chi connectivity index (χ1n) is 11.7. The Kier molecular flexibility index (Phi) is 6.92. The predicted octanol–water partition coefficient (Wildman–Crippen LogP) is 4.13. The minimum atomic E-state index is -0.173. The average Bonchev–Trinajstić information content (AvgIpc) is 3.31. The van der Waals surface area contributed by atoms with Crippen LogP contribution in [-0.2, 0) is 0 Å². The van der Waals surface area contributed by atoms with Gasteiger partial charge in [-0.1, -0.05) is 35.9 Å². The molecule has 0 spiro atoms. The maximum atomic E-state index is 14.0. The Morgan fingerprint density at radius 2 is 1.83 bits per heavy atom. The van der Waals surface area contributed by atoms with E-state index >= 15 is 0 Å². The Labute approximate surface area is 208 Å². The summed E-state index contributed by atoms with van der Waals surface area (Å²) in [5, 5.41) is 12.1. The first-order valence-corrected chi connectivity index (χ1v) is 12.1. The van der Waals surface area contributed by atoms with E-state index in [9.17, 15) is 9.18 Å². The number of hydrogen-bond donors (Lipinski definition) is 1. The molecule has 2 aromatic heterocycles. The molecule has 2 aromatic carbocycles. The highest BCUT2D eigenvalue weighted by Gasteiger charge is 2.19. The number of aromatic nitrogens is 3. The number of piperazine rings is 1. The quantitative estimate of drug-likeness (QED) is 0.393. The first-order chi connectivity index (χ1) is 17.1. The molecular formula is C26H26ClFN6O. The highest BCUT2D eigenvalue weighted by atomic mass is 35.5. The molecule has 0 atom stereocenters. The number of anilines is 1. The van der Waals surface area contributed by atoms with Gasteiger partial charge in [0.2, 0.25) is 0 Å². The van der Waals surface area contributed by atoms with E-state index in [0.29, 0.717) is 34.3 Å². The van der Waals surface area contributed by atoms with Crippen molar-refractivity contribution in [2.24, 2.45) is 0 Å². The van der Waals surface area contributed by atoms with Crippen molar-refractivity contribution in [3.05, 3.63) is 83.3 Å². The van der Waals surface area contributed by atoms with Gasteiger partial charge in [-0.2, -0.15) is 0 Å². The number of rotatable bonds is 7. The molecule has 1 saturated heterocycles. The molecule has 1 aliphatic rings. The molecule has 180 valence electrons. The predicted molar refractivity (Wildman–Crippen MR) is 135 cm³/mol. The van der Waals surface area contributed by atoms with Crippen molar-refractivity contribution in [2.45, 2.75) is 6.42 Å². The summed E-state index contributed by atoms with van der Waals surface area (Å²) in [5.41, 5.74) is 2.67. The second kappa shape index (κ2) is 10.4. The maximum absolute atomic E-state index is 14.0. The minimum absolute atomic E-state index is 0.135. The van der Waals surface area contributed by atoms with Crippen LogP contribution in [0.5, 0.6) is 0 Å². The van der Waals surface area contributed by atoms with Crippen molar-refractivity contribution >= 4 is 28.8 Å². The number of carbonyl (C=O) groups excluding carboxylic acids is 1. The lowest BCUT2D eigenvalue weighted by Crippen LogP contribution is -2.47. The second-order valence-corrected chi connectivity index (χ2v) is 9.00. The monoisotopic (exact) mass is 492 g/mol. The molecule has 9 heteroatoms. The highest BCUT2D eigenvalue weighted by molar-refractivity contribution is 6.30. The number of nitrogens with one attached hydrogen (secondary N) is 1.